The molecule has 2 aromatic heterocycles. The van der Waals surface area contributed by atoms with Gasteiger partial charge in [0.15, 0.2) is 0 Å². The van der Waals surface area contributed by atoms with Crippen LogP contribution < -0.4 is 0 Å². The Morgan fingerprint density at radius 2 is 1.30 bits per heavy atom. The quantitative estimate of drug-likeness (QED) is 0.319. The highest BCUT2D eigenvalue weighted by Crippen LogP contribution is 2.35. The molecule has 27 heavy (non-hydrogen) atoms. The van der Waals surface area contributed by atoms with E-state index in [0.29, 0.717) is 0 Å². The number of hydrogen-bond donors (Lipinski definition) is 1. The molecule has 6 aromatic rings. The summed E-state index contributed by atoms with van der Waals surface area (Å²) in [5.41, 5.74) is 6.34. The number of nitrogens with one attached hydrogen (secondary N) is 1. The zero-order chi connectivity index (χ0) is 18.0. The molecule has 6 rings (SSSR count). The van der Waals surface area contributed by atoms with Gasteiger partial charge in [0.1, 0.15) is 11.2 Å². The van der Waals surface area contributed by atoms with Crippen LogP contribution in [0.25, 0.3) is 54.9 Å². The second-order valence-electron chi connectivity index (χ2n) is 6.88. The molecule has 0 aliphatic heterocycles. The van der Waals surface area contributed by atoms with Crippen LogP contribution in [0.1, 0.15) is 0 Å². The van der Waals surface area contributed by atoms with Gasteiger partial charge in [0.25, 0.3) is 0 Å². The number of halogens is 1. The van der Waals surface area contributed by atoms with Crippen molar-refractivity contribution in [3.63, 3.8) is 0 Å². The lowest BCUT2D eigenvalue weighted by Crippen LogP contribution is -1.78. The lowest BCUT2D eigenvalue weighted by atomic mass is 10.0. The minimum absolute atomic E-state index is 0.748. The molecule has 1 N–H and O–H groups in total. The lowest BCUT2D eigenvalue weighted by Gasteiger charge is -2.03. The van der Waals surface area contributed by atoms with Crippen LogP contribution in [0, 0.1) is 0 Å². The Morgan fingerprint density at radius 3 is 2.22 bits per heavy atom. The molecule has 2 nitrogen and oxygen atoms in total. The van der Waals surface area contributed by atoms with Gasteiger partial charge in [-0.25, -0.2) is 0 Å². The van der Waals surface area contributed by atoms with Crippen LogP contribution in [0.15, 0.2) is 83.3 Å². The predicted octanol–water partition coefficient (Wildman–Crippen LogP) is 7.54. The first-order valence-corrected chi connectivity index (χ1v) is 9.27. The molecule has 0 amide bonds. The molecule has 0 fully saturated rings. The van der Waals surface area contributed by atoms with Crippen LogP contribution in [-0.2, 0) is 0 Å². The Morgan fingerprint density at radius 1 is 0.593 bits per heavy atom. The summed E-state index contributed by atoms with van der Waals surface area (Å²) in [4.78, 5) is 3.45. The van der Waals surface area contributed by atoms with E-state index in [-0.39, 0.29) is 0 Å². The van der Waals surface area contributed by atoms with Crippen molar-refractivity contribution >= 4 is 55.3 Å². The number of benzene rings is 4. The van der Waals surface area contributed by atoms with Gasteiger partial charge in [0.2, 0.25) is 0 Å². The molecule has 0 unspecified atom stereocenters. The van der Waals surface area contributed by atoms with Crippen LogP contribution in [0.4, 0.5) is 0 Å². The highest BCUT2D eigenvalue weighted by Gasteiger charge is 2.10. The second-order valence-corrected chi connectivity index (χ2v) is 7.32. The van der Waals surface area contributed by atoms with Crippen molar-refractivity contribution in [1.29, 1.82) is 0 Å². The van der Waals surface area contributed by atoms with Gasteiger partial charge in [0.05, 0.1) is 0 Å². The first-order chi connectivity index (χ1) is 13.3. The molecule has 2 heterocycles. The van der Waals surface area contributed by atoms with Crippen LogP contribution in [0.3, 0.4) is 0 Å². The van der Waals surface area contributed by atoms with E-state index < -0.39 is 0 Å². The molecular formula is C24H14ClNO. The number of aromatic nitrogens is 1. The summed E-state index contributed by atoms with van der Waals surface area (Å²) in [5.74, 6) is 0. The summed E-state index contributed by atoms with van der Waals surface area (Å²) in [5, 5.41) is 5.37. The normalized spacial score (nSPS) is 11.9. The molecule has 0 atom stereocenters. The number of H-pyrrole nitrogens is 1. The number of fused-ring (bicyclic) bond motifs is 6. The molecule has 0 aliphatic carbocycles. The first kappa shape index (κ1) is 14.9. The fourth-order valence-corrected chi connectivity index (χ4v) is 4.13. The fourth-order valence-electron chi connectivity index (χ4n) is 3.95. The summed E-state index contributed by atoms with van der Waals surface area (Å²) in [6, 6.07) is 27.0. The van der Waals surface area contributed by atoms with Crippen molar-refractivity contribution in [3.05, 3.63) is 83.9 Å². The van der Waals surface area contributed by atoms with E-state index in [1.165, 1.54) is 5.39 Å². The maximum absolute atomic E-state index is 6.21. The largest absolute Gasteiger partial charge is 0.456 e. The number of rotatable bonds is 1. The highest BCUT2D eigenvalue weighted by atomic mass is 35.5. The summed E-state index contributed by atoms with van der Waals surface area (Å²) >= 11 is 6.21. The SMILES string of the molecule is Clc1ccc2[nH]c3ccc(-c4ccc5c(c4)oc4ccccc45)cc3c2c1. The van der Waals surface area contributed by atoms with E-state index in [2.05, 4.69) is 47.4 Å². The Hall–Kier alpha value is -3.23. The molecule has 3 heteroatoms. The van der Waals surface area contributed by atoms with Gasteiger partial charge < -0.3 is 9.40 Å². The molecule has 0 bridgehead atoms. The van der Waals surface area contributed by atoms with Crippen LogP contribution in [-0.4, -0.2) is 4.98 Å². The number of aromatic amines is 1. The molecule has 0 aliphatic rings. The van der Waals surface area contributed by atoms with Crippen molar-refractivity contribution in [2.24, 2.45) is 0 Å². The van der Waals surface area contributed by atoms with E-state index >= 15 is 0 Å². The minimum atomic E-state index is 0.748. The average Bonchev–Trinajstić information content (AvgIpc) is 3.24. The van der Waals surface area contributed by atoms with Gasteiger partial charge in [-0.1, -0.05) is 41.9 Å². The lowest BCUT2D eigenvalue weighted by molar-refractivity contribution is 0.669. The number of furan rings is 1. The van der Waals surface area contributed by atoms with Crippen molar-refractivity contribution in [2.45, 2.75) is 0 Å². The molecule has 0 radical (unpaired) electrons. The maximum Gasteiger partial charge on any atom is 0.136 e. The van der Waals surface area contributed by atoms with Gasteiger partial charge in [0, 0.05) is 37.6 Å². The van der Waals surface area contributed by atoms with Gasteiger partial charge in [-0.15, -0.1) is 0 Å². The average molecular weight is 368 g/mol. The number of hydrogen-bond acceptors (Lipinski definition) is 1. The van der Waals surface area contributed by atoms with Crippen molar-refractivity contribution < 1.29 is 4.42 Å². The zero-order valence-electron chi connectivity index (χ0n) is 14.3. The Labute approximate surface area is 160 Å². The minimum Gasteiger partial charge on any atom is -0.456 e. The highest BCUT2D eigenvalue weighted by molar-refractivity contribution is 6.31. The van der Waals surface area contributed by atoms with E-state index in [1.54, 1.807) is 0 Å². The number of para-hydroxylation sites is 1. The van der Waals surface area contributed by atoms with Crippen LogP contribution in [0.2, 0.25) is 5.02 Å². The summed E-state index contributed by atoms with van der Waals surface area (Å²) in [6.07, 6.45) is 0. The third-order valence-corrected chi connectivity index (χ3v) is 5.51. The first-order valence-electron chi connectivity index (χ1n) is 8.89. The van der Waals surface area contributed by atoms with Crippen molar-refractivity contribution in [1.82, 2.24) is 4.98 Å². The molecule has 0 spiro atoms. The summed E-state index contributed by atoms with van der Waals surface area (Å²) in [6.45, 7) is 0. The predicted molar refractivity (Wildman–Crippen MR) is 114 cm³/mol. The summed E-state index contributed by atoms with van der Waals surface area (Å²) in [7, 11) is 0. The van der Waals surface area contributed by atoms with Crippen LogP contribution >= 0.6 is 11.6 Å². The molecule has 0 saturated heterocycles. The van der Waals surface area contributed by atoms with Gasteiger partial charge in [-0.05, 0) is 59.7 Å². The third kappa shape index (κ3) is 2.20. The molecular weight excluding hydrogens is 354 g/mol. The van der Waals surface area contributed by atoms with Gasteiger partial charge in [-0.2, -0.15) is 0 Å². The standard InChI is InChI=1S/C24H14ClNO/c25-16-7-10-22-20(13-16)19-11-14(6-9-21(19)26-22)15-5-8-18-17-3-1-2-4-23(17)27-24(18)12-15/h1-13,26H. The van der Waals surface area contributed by atoms with Crippen molar-refractivity contribution in [2.75, 3.05) is 0 Å². The van der Waals surface area contributed by atoms with E-state index in [0.717, 1.165) is 54.5 Å². The Kier molecular flexibility index (Phi) is 2.97. The molecule has 4 aromatic carbocycles. The van der Waals surface area contributed by atoms with Gasteiger partial charge in [-0.3, -0.25) is 0 Å². The molecule has 0 saturated carbocycles. The zero-order valence-corrected chi connectivity index (χ0v) is 15.0. The van der Waals surface area contributed by atoms with Crippen LogP contribution in [0.5, 0.6) is 0 Å². The maximum atomic E-state index is 6.21. The topological polar surface area (TPSA) is 28.9 Å². The Balaban J connectivity index is 1.58. The van der Waals surface area contributed by atoms with Gasteiger partial charge >= 0.3 is 0 Å². The van der Waals surface area contributed by atoms with E-state index in [9.17, 15) is 0 Å². The second kappa shape index (κ2) is 5.38. The smallest absolute Gasteiger partial charge is 0.136 e. The van der Waals surface area contributed by atoms with E-state index in [1.807, 2.05) is 36.4 Å². The Bertz CT molecular complexity index is 1490. The fraction of sp³-hybridized carbons (Fsp3) is 0. The third-order valence-electron chi connectivity index (χ3n) is 5.27. The molecule has 128 valence electrons. The summed E-state index contributed by atoms with van der Waals surface area (Å²) < 4.78 is 6.05. The van der Waals surface area contributed by atoms with Crippen molar-refractivity contribution in [3.8, 4) is 11.1 Å². The van der Waals surface area contributed by atoms with E-state index in [4.69, 9.17) is 16.0 Å². The monoisotopic (exact) mass is 367 g/mol.